The van der Waals surface area contributed by atoms with Gasteiger partial charge in [0.15, 0.2) is 11.5 Å². The predicted molar refractivity (Wildman–Crippen MR) is 117 cm³/mol. The van der Waals surface area contributed by atoms with Crippen LogP contribution in [0.2, 0.25) is 0 Å². The zero-order chi connectivity index (χ0) is 21.4. The average Bonchev–Trinajstić information content (AvgIpc) is 3.40. The van der Waals surface area contributed by atoms with E-state index in [1.807, 2.05) is 37.4 Å². The molecule has 1 amide bonds. The monoisotopic (exact) mass is 418 g/mol. The SMILES string of the molecule is Cn1nc(C(=O)N[C@@H]2CCCN(c3cc(-c4ccc(F)cc4)[nH]n3)C2)c2ccccc21. The summed E-state index contributed by atoms with van der Waals surface area (Å²) in [6.45, 7) is 1.54. The van der Waals surface area contributed by atoms with Crippen LogP contribution >= 0.6 is 0 Å². The second-order valence-corrected chi connectivity index (χ2v) is 7.89. The molecule has 1 fully saturated rings. The van der Waals surface area contributed by atoms with Crippen molar-refractivity contribution >= 4 is 22.6 Å². The highest BCUT2D eigenvalue weighted by Gasteiger charge is 2.25. The molecule has 31 heavy (non-hydrogen) atoms. The van der Waals surface area contributed by atoms with Crippen molar-refractivity contribution in [2.45, 2.75) is 18.9 Å². The maximum absolute atomic E-state index is 13.2. The third kappa shape index (κ3) is 3.76. The predicted octanol–water partition coefficient (Wildman–Crippen LogP) is 3.50. The molecule has 7 nitrogen and oxygen atoms in total. The Labute approximate surface area is 178 Å². The topological polar surface area (TPSA) is 78.8 Å². The van der Waals surface area contributed by atoms with Crippen molar-refractivity contribution in [2.75, 3.05) is 18.0 Å². The van der Waals surface area contributed by atoms with Gasteiger partial charge in [0, 0.05) is 37.6 Å². The molecule has 2 aromatic heterocycles. The van der Waals surface area contributed by atoms with Crippen LogP contribution in [-0.2, 0) is 7.05 Å². The van der Waals surface area contributed by atoms with Crippen molar-refractivity contribution in [1.82, 2.24) is 25.3 Å². The van der Waals surface area contributed by atoms with Gasteiger partial charge in [-0.05, 0) is 48.7 Å². The van der Waals surface area contributed by atoms with E-state index in [9.17, 15) is 9.18 Å². The number of aryl methyl sites for hydroxylation is 1. The van der Waals surface area contributed by atoms with E-state index in [0.29, 0.717) is 12.2 Å². The molecular weight excluding hydrogens is 395 g/mol. The number of carbonyl (C=O) groups excluding carboxylic acids is 1. The molecule has 5 rings (SSSR count). The average molecular weight is 418 g/mol. The maximum Gasteiger partial charge on any atom is 0.272 e. The number of aromatic nitrogens is 4. The second-order valence-electron chi connectivity index (χ2n) is 7.89. The number of benzene rings is 2. The molecule has 158 valence electrons. The standard InChI is InChI=1S/C23H23FN6O/c1-29-20-7-3-2-6-18(20)22(28-29)23(31)25-17-5-4-12-30(14-17)21-13-19(26-27-21)15-8-10-16(24)11-9-15/h2-3,6-11,13,17H,4-5,12,14H2,1H3,(H,25,31)(H,26,27)/t17-/m1/s1. The van der Waals surface area contributed by atoms with Gasteiger partial charge in [-0.1, -0.05) is 18.2 Å². The molecule has 1 aliphatic heterocycles. The van der Waals surface area contributed by atoms with Crippen LogP contribution in [0.1, 0.15) is 23.3 Å². The highest BCUT2D eigenvalue weighted by atomic mass is 19.1. The van der Waals surface area contributed by atoms with E-state index in [2.05, 4.69) is 25.5 Å². The molecule has 1 saturated heterocycles. The van der Waals surface area contributed by atoms with Crippen molar-refractivity contribution < 1.29 is 9.18 Å². The van der Waals surface area contributed by atoms with Crippen molar-refractivity contribution in [3.8, 4) is 11.3 Å². The fourth-order valence-corrected chi connectivity index (χ4v) is 4.19. The Morgan fingerprint density at radius 3 is 2.84 bits per heavy atom. The molecular formula is C23H23FN6O. The highest BCUT2D eigenvalue weighted by molar-refractivity contribution is 6.05. The lowest BCUT2D eigenvalue weighted by Gasteiger charge is -2.33. The number of fused-ring (bicyclic) bond motifs is 1. The quantitative estimate of drug-likeness (QED) is 0.532. The van der Waals surface area contributed by atoms with Gasteiger partial charge in [-0.25, -0.2) is 4.39 Å². The van der Waals surface area contributed by atoms with Gasteiger partial charge in [0.25, 0.3) is 5.91 Å². The Hall–Kier alpha value is -3.68. The Bertz CT molecular complexity index is 1230. The number of para-hydroxylation sites is 1. The summed E-state index contributed by atoms with van der Waals surface area (Å²) in [7, 11) is 1.84. The van der Waals surface area contributed by atoms with Gasteiger partial charge < -0.3 is 10.2 Å². The van der Waals surface area contributed by atoms with E-state index in [0.717, 1.165) is 47.4 Å². The van der Waals surface area contributed by atoms with Crippen LogP contribution in [0.25, 0.3) is 22.2 Å². The van der Waals surface area contributed by atoms with Crippen LogP contribution in [0, 0.1) is 5.82 Å². The third-order valence-corrected chi connectivity index (χ3v) is 5.77. The van der Waals surface area contributed by atoms with Crippen LogP contribution < -0.4 is 10.2 Å². The van der Waals surface area contributed by atoms with Gasteiger partial charge in [-0.3, -0.25) is 14.6 Å². The number of piperidine rings is 1. The van der Waals surface area contributed by atoms with Crippen LogP contribution in [0.5, 0.6) is 0 Å². The highest BCUT2D eigenvalue weighted by Crippen LogP contribution is 2.25. The van der Waals surface area contributed by atoms with Crippen LogP contribution in [0.15, 0.2) is 54.6 Å². The molecule has 1 aliphatic rings. The third-order valence-electron chi connectivity index (χ3n) is 5.77. The second kappa shape index (κ2) is 7.86. The summed E-state index contributed by atoms with van der Waals surface area (Å²) in [5.41, 5.74) is 3.10. The number of amides is 1. The van der Waals surface area contributed by atoms with E-state index in [4.69, 9.17) is 0 Å². The molecule has 0 saturated carbocycles. The number of aromatic amines is 1. The van der Waals surface area contributed by atoms with Crippen molar-refractivity contribution in [2.24, 2.45) is 7.05 Å². The van der Waals surface area contributed by atoms with E-state index < -0.39 is 0 Å². The van der Waals surface area contributed by atoms with Crippen molar-refractivity contribution in [3.63, 3.8) is 0 Å². The molecule has 1 atom stereocenters. The van der Waals surface area contributed by atoms with Crippen LogP contribution in [0.3, 0.4) is 0 Å². The minimum atomic E-state index is -0.265. The summed E-state index contributed by atoms with van der Waals surface area (Å²) in [6.07, 6.45) is 1.86. The summed E-state index contributed by atoms with van der Waals surface area (Å²) in [5.74, 6) is 0.401. The van der Waals surface area contributed by atoms with E-state index in [-0.39, 0.29) is 17.8 Å². The van der Waals surface area contributed by atoms with Crippen molar-refractivity contribution in [1.29, 1.82) is 0 Å². The normalized spacial score (nSPS) is 16.6. The summed E-state index contributed by atoms with van der Waals surface area (Å²) < 4.78 is 14.9. The zero-order valence-electron chi connectivity index (χ0n) is 17.2. The maximum atomic E-state index is 13.2. The summed E-state index contributed by atoms with van der Waals surface area (Å²) in [5, 5.41) is 15.9. The van der Waals surface area contributed by atoms with Gasteiger partial charge in [0.05, 0.1) is 11.2 Å². The number of nitrogens with zero attached hydrogens (tertiary/aromatic N) is 4. The van der Waals surface area contributed by atoms with Gasteiger partial charge in [0.2, 0.25) is 0 Å². The lowest BCUT2D eigenvalue weighted by Crippen LogP contribution is -2.48. The molecule has 8 heteroatoms. The molecule has 2 N–H and O–H groups in total. The van der Waals surface area contributed by atoms with Gasteiger partial charge >= 0.3 is 0 Å². The number of carbonyl (C=O) groups is 1. The fourth-order valence-electron chi connectivity index (χ4n) is 4.19. The molecule has 0 aliphatic carbocycles. The van der Waals surface area contributed by atoms with E-state index >= 15 is 0 Å². The number of anilines is 1. The van der Waals surface area contributed by atoms with Crippen LogP contribution in [0.4, 0.5) is 10.2 Å². The lowest BCUT2D eigenvalue weighted by atomic mass is 10.0. The number of rotatable bonds is 4. The molecule has 2 aromatic carbocycles. The van der Waals surface area contributed by atoms with Crippen molar-refractivity contribution in [3.05, 3.63) is 66.1 Å². The number of hydrogen-bond donors (Lipinski definition) is 2. The van der Waals surface area contributed by atoms with Gasteiger partial charge in [-0.2, -0.15) is 10.2 Å². The molecule has 3 heterocycles. The molecule has 0 unspecified atom stereocenters. The smallest absolute Gasteiger partial charge is 0.272 e. The summed E-state index contributed by atoms with van der Waals surface area (Å²) in [4.78, 5) is 15.1. The molecule has 0 spiro atoms. The number of H-pyrrole nitrogens is 1. The number of halogens is 1. The molecule has 4 aromatic rings. The number of hydrogen-bond acceptors (Lipinski definition) is 4. The first-order valence-corrected chi connectivity index (χ1v) is 10.4. The lowest BCUT2D eigenvalue weighted by molar-refractivity contribution is 0.0929. The first kappa shape index (κ1) is 19.3. The Balaban J connectivity index is 1.29. The van der Waals surface area contributed by atoms with E-state index in [1.165, 1.54) is 12.1 Å². The fraction of sp³-hybridized carbons (Fsp3) is 0.261. The largest absolute Gasteiger partial charge is 0.353 e. The summed E-state index contributed by atoms with van der Waals surface area (Å²) >= 11 is 0. The van der Waals surface area contributed by atoms with E-state index in [1.54, 1.807) is 16.8 Å². The van der Waals surface area contributed by atoms with Gasteiger partial charge in [0.1, 0.15) is 5.82 Å². The minimum absolute atomic E-state index is 0.00740. The summed E-state index contributed by atoms with van der Waals surface area (Å²) in [6, 6.07) is 16.0. The molecule has 0 radical (unpaired) electrons. The Kier molecular flexibility index (Phi) is 4.89. The zero-order valence-corrected chi connectivity index (χ0v) is 17.2. The van der Waals surface area contributed by atoms with Gasteiger partial charge in [-0.15, -0.1) is 0 Å². The Morgan fingerprint density at radius 2 is 2.00 bits per heavy atom. The minimum Gasteiger partial charge on any atom is -0.353 e. The first-order valence-electron chi connectivity index (χ1n) is 10.4. The number of nitrogens with one attached hydrogen (secondary N) is 2. The molecule has 0 bridgehead atoms. The van der Waals surface area contributed by atoms with Crippen LogP contribution in [-0.4, -0.2) is 45.0 Å². The first-order chi connectivity index (χ1) is 15.1. The Morgan fingerprint density at radius 1 is 1.19 bits per heavy atom.